The van der Waals surface area contributed by atoms with Crippen LogP contribution in [0.1, 0.15) is 24.2 Å². The Balaban J connectivity index is 1.95. The highest BCUT2D eigenvalue weighted by Crippen LogP contribution is 2.18. The van der Waals surface area contributed by atoms with Crippen molar-refractivity contribution in [3.8, 4) is 0 Å². The summed E-state index contributed by atoms with van der Waals surface area (Å²) in [7, 11) is 1.93. The van der Waals surface area contributed by atoms with Gasteiger partial charge in [0.2, 0.25) is 0 Å². The molecule has 2 rings (SSSR count). The summed E-state index contributed by atoms with van der Waals surface area (Å²) in [5.41, 5.74) is 2.34. The van der Waals surface area contributed by atoms with Crippen LogP contribution in [0.3, 0.4) is 0 Å². The van der Waals surface area contributed by atoms with Crippen molar-refractivity contribution in [2.24, 2.45) is 7.05 Å². The zero-order chi connectivity index (χ0) is 12.3. The van der Waals surface area contributed by atoms with Crippen LogP contribution in [-0.4, -0.2) is 9.78 Å². The van der Waals surface area contributed by atoms with Gasteiger partial charge in [0.05, 0.1) is 5.69 Å². The Morgan fingerprint density at radius 1 is 1.41 bits per heavy atom. The SMILES string of the molecule is C[C@H](NCc1ccn(C)n1)c1cccc(Br)c1. The topological polar surface area (TPSA) is 29.9 Å². The minimum absolute atomic E-state index is 0.314. The van der Waals surface area contributed by atoms with Crippen molar-refractivity contribution in [2.75, 3.05) is 0 Å². The van der Waals surface area contributed by atoms with E-state index in [2.05, 4.69) is 51.5 Å². The third kappa shape index (κ3) is 3.41. The van der Waals surface area contributed by atoms with E-state index in [0.717, 1.165) is 16.7 Å². The fourth-order valence-corrected chi connectivity index (χ4v) is 2.13. The summed E-state index contributed by atoms with van der Waals surface area (Å²) in [5.74, 6) is 0. The van der Waals surface area contributed by atoms with Crippen molar-refractivity contribution in [2.45, 2.75) is 19.5 Å². The molecule has 0 radical (unpaired) electrons. The number of hydrogen-bond acceptors (Lipinski definition) is 2. The van der Waals surface area contributed by atoms with Gasteiger partial charge in [-0.2, -0.15) is 5.10 Å². The van der Waals surface area contributed by atoms with E-state index in [4.69, 9.17) is 0 Å². The molecule has 1 atom stereocenters. The van der Waals surface area contributed by atoms with Crippen molar-refractivity contribution in [1.82, 2.24) is 15.1 Å². The molecule has 0 aliphatic heterocycles. The van der Waals surface area contributed by atoms with Crippen molar-refractivity contribution < 1.29 is 0 Å². The van der Waals surface area contributed by atoms with Gasteiger partial charge in [0.1, 0.15) is 0 Å². The average Bonchev–Trinajstić information content (AvgIpc) is 2.72. The van der Waals surface area contributed by atoms with Crippen molar-refractivity contribution in [3.05, 3.63) is 52.3 Å². The second-order valence-electron chi connectivity index (χ2n) is 4.14. The third-order valence-electron chi connectivity index (χ3n) is 2.71. The maximum Gasteiger partial charge on any atom is 0.0762 e. The number of rotatable bonds is 4. The Labute approximate surface area is 110 Å². The van der Waals surface area contributed by atoms with Gasteiger partial charge in [0.15, 0.2) is 0 Å². The zero-order valence-electron chi connectivity index (χ0n) is 10.0. The number of aryl methyl sites for hydroxylation is 1. The van der Waals surface area contributed by atoms with Crippen LogP contribution in [0, 0.1) is 0 Å². The van der Waals surface area contributed by atoms with Crippen molar-refractivity contribution >= 4 is 15.9 Å². The first-order valence-electron chi connectivity index (χ1n) is 5.62. The number of nitrogens with zero attached hydrogens (tertiary/aromatic N) is 2. The number of aromatic nitrogens is 2. The average molecular weight is 294 g/mol. The maximum absolute atomic E-state index is 4.34. The summed E-state index contributed by atoms with van der Waals surface area (Å²) >= 11 is 3.49. The molecule has 0 unspecified atom stereocenters. The molecular formula is C13H16BrN3. The monoisotopic (exact) mass is 293 g/mol. The molecule has 4 heteroatoms. The molecule has 90 valence electrons. The van der Waals surface area contributed by atoms with Gasteiger partial charge in [-0.05, 0) is 30.7 Å². The molecule has 0 fully saturated rings. The lowest BCUT2D eigenvalue weighted by Crippen LogP contribution is -2.18. The molecule has 0 aliphatic carbocycles. The molecule has 1 aromatic carbocycles. The predicted molar refractivity (Wildman–Crippen MR) is 72.6 cm³/mol. The summed E-state index contributed by atoms with van der Waals surface area (Å²) in [4.78, 5) is 0. The lowest BCUT2D eigenvalue weighted by molar-refractivity contribution is 0.561. The Bertz CT molecular complexity index is 493. The molecule has 1 N–H and O–H groups in total. The second kappa shape index (κ2) is 5.47. The first kappa shape index (κ1) is 12.3. The molecule has 2 aromatic rings. The van der Waals surface area contributed by atoms with E-state index in [0.29, 0.717) is 6.04 Å². The number of nitrogens with one attached hydrogen (secondary N) is 1. The van der Waals surface area contributed by atoms with Crippen LogP contribution in [0.5, 0.6) is 0 Å². The van der Waals surface area contributed by atoms with E-state index in [-0.39, 0.29) is 0 Å². The molecule has 0 bridgehead atoms. The maximum atomic E-state index is 4.34. The standard InChI is InChI=1S/C13H16BrN3/c1-10(11-4-3-5-12(14)8-11)15-9-13-6-7-17(2)16-13/h3-8,10,15H,9H2,1-2H3/t10-/m0/s1. The third-order valence-corrected chi connectivity index (χ3v) is 3.20. The number of benzene rings is 1. The van der Waals surface area contributed by atoms with Crippen LogP contribution in [0.4, 0.5) is 0 Å². The van der Waals surface area contributed by atoms with E-state index in [1.807, 2.05) is 30.1 Å². The molecule has 17 heavy (non-hydrogen) atoms. The first-order valence-corrected chi connectivity index (χ1v) is 6.42. The lowest BCUT2D eigenvalue weighted by atomic mass is 10.1. The summed E-state index contributed by atoms with van der Waals surface area (Å²) < 4.78 is 2.93. The summed E-state index contributed by atoms with van der Waals surface area (Å²) in [6, 6.07) is 10.7. The van der Waals surface area contributed by atoms with Crippen LogP contribution in [0.2, 0.25) is 0 Å². The van der Waals surface area contributed by atoms with E-state index < -0.39 is 0 Å². The molecule has 0 aliphatic rings. The highest BCUT2D eigenvalue weighted by molar-refractivity contribution is 9.10. The van der Waals surface area contributed by atoms with Crippen LogP contribution in [0.15, 0.2) is 41.0 Å². The number of halogens is 1. The normalized spacial score (nSPS) is 12.6. The van der Waals surface area contributed by atoms with Gasteiger partial charge in [0, 0.05) is 30.3 Å². The van der Waals surface area contributed by atoms with Crippen LogP contribution >= 0.6 is 15.9 Å². The van der Waals surface area contributed by atoms with Gasteiger partial charge in [0.25, 0.3) is 0 Å². The Morgan fingerprint density at radius 2 is 2.24 bits per heavy atom. The smallest absolute Gasteiger partial charge is 0.0762 e. The molecule has 0 saturated heterocycles. The van der Waals surface area contributed by atoms with Gasteiger partial charge in [-0.3, -0.25) is 4.68 Å². The fraction of sp³-hybridized carbons (Fsp3) is 0.308. The second-order valence-corrected chi connectivity index (χ2v) is 5.05. The van der Waals surface area contributed by atoms with Gasteiger partial charge < -0.3 is 5.32 Å². The van der Waals surface area contributed by atoms with Crippen LogP contribution < -0.4 is 5.32 Å². The van der Waals surface area contributed by atoms with E-state index in [9.17, 15) is 0 Å². The van der Waals surface area contributed by atoms with Gasteiger partial charge in [-0.1, -0.05) is 28.1 Å². The minimum Gasteiger partial charge on any atom is -0.304 e. The lowest BCUT2D eigenvalue weighted by Gasteiger charge is -2.13. The van der Waals surface area contributed by atoms with E-state index >= 15 is 0 Å². The van der Waals surface area contributed by atoms with Gasteiger partial charge in [-0.15, -0.1) is 0 Å². The van der Waals surface area contributed by atoms with Crippen molar-refractivity contribution in [1.29, 1.82) is 0 Å². The Kier molecular flexibility index (Phi) is 3.97. The fourth-order valence-electron chi connectivity index (χ4n) is 1.71. The minimum atomic E-state index is 0.314. The van der Waals surface area contributed by atoms with Gasteiger partial charge in [-0.25, -0.2) is 0 Å². The summed E-state index contributed by atoms with van der Waals surface area (Å²) in [6.45, 7) is 2.94. The molecule has 0 saturated carbocycles. The molecule has 1 aromatic heterocycles. The molecular weight excluding hydrogens is 278 g/mol. The largest absolute Gasteiger partial charge is 0.304 e. The highest BCUT2D eigenvalue weighted by Gasteiger charge is 2.05. The van der Waals surface area contributed by atoms with Crippen LogP contribution in [0.25, 0.3) is 0 Å². The predicted octanol–water partition coefficient (Wildman–Crippen LogP) is 3.03. The first-order chi connectivity index (χ1) is 8.15. The Morgan fingerprint density at radius 3 is 2.88 bits per heavy atom. The van der Waals surface area contributed by atoms with Gasteiger partial charge >= 0.3 is 0 Å². The molecule has 0 amide bonds. The number of hydrogen-bond donors (Lipinski definition) is 1. The summed E-state index contributed by atoms with van der Waals surface area (Å²) in [6.07, 6.45) is 1.96. The van der Waals surface area contributed by atoms with Crippen LogP contribution in [-0.2, 0) is 13.6 Å². The summed E-state index contributed by atoms with van der Waals surface area (Å²) in [5, 5.41) is 7.80. The zero-order valence-corrected chi connectivity index (χ0v) is 11.6. The van der Waals surface area contributed by atoms with Crippen molar-refractivity contribution in [3.63, 3.8) is 0 Å². The molecule has 3 nitrogen and oxygen atoms in total. The van der Waals surface area contributed by atoms with E-state index in [1.54, 1.807) is 0 Å². The Hall–Kier alpha value is -1.13. The molecule has 0 spiro atoms. The quantitative estimate of drug-likeness (QED) is 0.939. The highest BCUT2D eigenvalue weighted by atomic mass is 79.9. The van der Waals surface area contributed by atoms with E-state index in [1.165, 1.54) is 5.56 Å². The molecule has 1 heterocycles.